The third-order valence-electron chi connectivity index (χ3n) is 4.06. The van der Waals surface area contributed by atoms with E-state index in [4.69, 9.17) is 0 Å². The summed E-state index contributed by atoms with van der Waals surface area (Å²) in [6.07, 6.45) is 3.16. The van der Waals surface area contributed by atoms with E-state index in [0.717, 1.165) is 24.8 Å². The van der Waals surface area contributed by atoms with E-state index in [1.54, 1.807) is 12.1 Å². The molecular formula is C17H24N2O2. The molecule has 1 unspecified atom stereocenters. The molecule has 0 radical (unpaired) electrons. The van der Waals surface area contributed by atoms with Crippen molar-refractivity contribution >= 4 is 11.8 Å². The van der Waals surface area contributed by atoms with Gasteiger partial charge in [-0.25, -0.2) is 0 Å². The van der Waals surface area contributed by atoms with Crippen molar-refractivity contribution in [1.82, 2.24) is 10.6 Å². The number of carbonyl (C=O) groups is 2. The molecule has 2 rings (SSSR count). The lowest BCUT2D eigenvalue weighted by molar-refractivity contribution is -0.120. The van der Waals surface area contributed by atoms with Crippen LogP contribution < -0.4 is 10.6 Å². The molecule has 1 fully saturated rings. The van der Waals surface area contributed by atoms with Crippen LogP contribution in [0.5, 0.6) is 0 Å². The number of benzene rings is 1. The standard InChI is InChI=1S/C17H24N2O2/c1-12-4-6-13(7-5-12)16(21)18-11-15(20)19-14-8-9-17(2,3)10-14/h4-7,14H,8-11H2,1-3H3,(H,18,21)(H,19,20). The van der Waals surface area contributed by atoms with Gasteiger partial charge in [0.1, 0.15) is 0 Å². The molecule has 0 heterocycles. The molecule has 2 amide bonds. The number of amides is 2. The van der Waals surface area contributed by atoms with Crippen molar-refractivity contribution in [3.63, 3.8) is 0 Å². The van der Waals surface area contributed by atoms with Crippen molar-refractivity contribution in [2.45, 2.75) is 46.1 Å². The van der Waals surface area contributed by atoms with E-state index in [-0.39, 0.29) is 24.4 Å². The Balaban J connectivity index is 1.76. The number of carbonyl (C=O) groups excluding carboxylic acids is 2. The van der Waals surface area contributed by atoms with Crippen molar-refractivity contribution in [2.75, 3.05) is 6.54 Å². The summed E-state index contributed by atoms with van der Waals surface area (Å²) in [6.45, 7) is 6.44. The molecule has 1 aromatic rings. The molecule has 1 atom stereocenters. The zero-order valence-electron chi connectivity index (χ0n) is 13.0. The van der Waals surface area contributed by atoms with E-state index >= 15 is 0 Å². The van der Waals surface area contributed by atoms with Crippen molar-refractivity contribution in [1.29, 1.82) is 0 Å². The van der Waals surface area contributed by atoms with Crippen LogP contribution in [-0.4, -0.2) is 24.4 Å². The summed E-state index contributed by atoms with van der Waals surface area (Å²) in [5, 5.41) is 5.66. The summed E-state index contributed by atoms with van der Waals surface area (Å²) in [6, 6.07) is 7.54. The lowest BCUT2D eigenvalue weighted by Crippen LogP contribution is -2.41. The van der Waals surface area contributed by atoms with Gasteiger partial charge in [-0.3, -0.25) is 9.59 Å². The number of rotatable bonds is 4. The van der Waals surface area contributed by atoms with Crippen LogP contribution in [-0.2, 0) is 4.79 Å². The largest absolute Gasteiger partial charge is 0.352 e. The molecule has 1 aliphatic rings. The number of aryl methyl sites for hydroxylation is 1. The summed E-state index contributed by atoms with van der Waals surface area (Å²) in [5.41, 5.74) is 1.99. The number of hydrogen-bond acceptors (Lipinski definition) is 2. The lowest BCUT2D eigenvalue weighted by Gasteiger charge is -2.18. The average Bonchev–Trinajstić information content (AvgIpc) is 2.76. The second-order valence-electron chi connectivity index (χ2n) is 6.72. The Hall–Kier alpha value is -1.84. The SMILES string of the molecule is Cc1ccc(C(=O)NCC(=O)NC2CCC(C)(C)C2)cc1. The van der Waals surface area contributed by atoms with Gasteiger partial charge in [-0.05, 0) is 43.7 Å². The highest BCUT2D eigenvalue weighted by atomic mass is 16.2. The van der Waals surface area contributed by atoms with Gasteiger partial charge in [0, 0.05) is 11.6 Å². The zero-order valence-corrected chi connectivity index (χ0v) is 13.0. The molecule has 0 spiro atoms. The van der Waals surface area contributed by atoms with Gasteiger partial charge in [0.2, 0.25) is 5.91 Å². The lowest BCUT2D eigenvalue weighted by atomic mass is 9.92. The first-order chi connectivity index (χ1) is 9.85. The second-order valence-corrected chi connectivity index (χ2v) is 6.72. The normalized spacial score (nSPS) is 20.0. The second kappa shape index (κ2) is 6.29. The molecule has 4 nitrogen and oxygen atoms in total. The summed E-state index contributed by atoms with van der Waals surface area (Å²) < 4.78 is 0. The Morgan fingerprint density at radius 2 is 1.90 bits per heavy atom. The van der Waals surface area contributed by atoms with Gasteiger partial charge < -0.3 is 10.6 Å². The molecule has 0 saturated heterocycles. The average molecular weight is 288 g/mol. The van der Waals surface area contributed by atoms with Gasteiger partial charge >= 0.3 is 0 Å². The Labute approximate surface area is 126 Å². The molecular weight excluding hydrogens is 264 g/mol. The van der Waals surface area contributed by atoms with Crippen LogP contribution in [0.4, 0.5) is 0 Å². The first-order valence-corrected chi connectivity index (χ1v) is 7.50. The zero-order chi connectivity index (χ0) is 15.5. The van der Waals surface area contributed by atoms with Crippen molar-refractivity contribution in [3.8, 4) is 0 Å². The predicted molar refractivity (Wildman–Crippen MR) is 83.1 cm³/mol. The fraction of sp³-hybridized carbons (Fsp3) is 0.529. The molecule has 0 aromatic heterocycles. The van der Waals surface area contributed by atoms with Gasteiger partial charge in [0.05, 0.1) is 6.54 Å². The third-order valence-corrected chi connectivity index (χ3v) is 4.06. The third kappa shape index (κ3) is 4.59. The van der Waals surface area contributed by atoms with Crippen molar-refractivity contribution < 1.29 is 9.59 Å². The topological polar surface area (TPSA) is 58.2 Å². The molecule has 114 valence electrons. The minimum absolute atomic E-state index is 0.0314. The Kier molecular flexibility index (Phi) is 4.66. The molecule has 0 bridgehead atoms. The number of nitrogens with one attached hydrogen (secondary N) is 2. The summed E-state index contributed by atoms with van der Waals surface area (Å²) >= 11 is 0. The summed E-state index contributed by atoms with van der Waals surface area (Å²) in [4.78, 5) is 23.8. The van der Waals surface area contributed by atoms with Gasteiger partial charge in [0.15, 0.2) is 0 Å². The van der Waals surface area contributed by atoms with Crippen LogP contribution in [0.3, 0.4) is 0 Å². The van der Waals surface area contributed by atoms with Crippen molar-refractivity contribution in [3.05, 3.63) is 35.4 Å². The maximum Gasteiger partial charge on any atom is 0.251 e. The van der Waals surface area contributed by atoms with Gasteiger partial charge in [-0.1, -0.05) is 31.5 Å². The fourth-order valence-electron chi connectivity index (χ4n) is 2.81. The predicted octanol–water partition coefficient (Wildman–Crippen LogP) is 2.42. The first kappa shape index (κ1) is 15.5. The maximum atomic E-state index is 11.9. The monoisotopic (exact) mass is 288 g/mol. The van der Waals surface area contributed by atoms with Crippen LogP contribution in [0.2, 0.25) is 0 Å². The molecule has 1 saturated carbocycles. The minimum atomic E-state index is -0.211. The van der Waals surface area contributed by atoms with Gasteiger partial charge in [-0.15, -0.1) is 0 Å². The van der Waals surface area contributed by atoms with Crippen LogP contribution >= 0.6 is 0 Å². The molecule has 0 aliphatic heterocycles. The van der Waals surface area contributed by atoms with Crippen LogP contribution in [0.15, 0.2) is 24.3 Å². The summed E-state index contributed by atoms with van der Waals surface area (Å²) in [7, 11) is 0. The van der Waals surface area contributed by atoms with E-state index in [2.05, 4.69) is 24.5 Å². The van der Waals surface area contributed by atoms with E-state index in [1.165, 1.54) is 0 Å². The van der Waals surface area contributed by atoms with E-state index in [0.29, 0.717) is 11.0 Å². The molecule has 2 N–H and O–H groups in total. The van der Waals surface area contributed by atoms with Crippen LogP contribution in [0.25, 0.3) is 0 Å². The highest BCUT2D eigenvalue weighted by Gasteiger charge is 2.31. The van der Waals surface area contributed by atoms with Gasteiger partial charge in [0.25, 0.3) is 5.91 Å². The highest BCUT2D eigenvalue weighted by molar-refractivity contribution is 5.96. The fourth-order valence-corrected chi connectivity index (χ4v) is 2.81. The maximum absolute atomic E-state index is 11.9. The molecule has 1 aromatic carbocycles. The summed E-state index contributed by atoms with van der Waals surface area (Å²) in [5.74, 6) is -0.324. The van der Waals surface area contributed by atoms with Gasteiger partial charge in [-0.2, -0.15) is 0 Å². The highest BCUT2D eigenvalue weighted by Crippen LogP contribution is 2.36. The minimum Gasteiger partial charge on any atom is -0.352 e. The van der Waals surface area contributed by atoms with E-state index < -0.39 is 0 Å². The Bertz CT molecular complexity index is 520. The van der Waals surface area contributed by atoms with Crippen molar-refractivity contribution in [2.24, 2.45) is 5.41 Å². The van der Waals surface area contributed by atoms with Crippen LogP contribution in [0.1, 0.15) is 49.0 Å². The van der Waals surface area contributed by atoms with E-state index in [9.17, 15) is 9.59 Å². The Morgan fingerprint density at radius 3 is 2.48 bits per heavy atom. The number of hydrogen-bond donors (Lipinski definition) is 2. The molecule has 21 heavy (non-hydrogen) atoms. The van der Waals surface area contributed by atoms with E-state index in [1.807, 2.05) is 19.1 Å². The molecule has 4 heteroatoms. The Morgan fingerprint density at radius 1 is 1.24 bits per heavy atom. The van der Waals surface area contributed by atoms with Crippen LogP contribution in [0, 0.1) is 12.3 Å². The molecule has 1 aliphatic carbocycles. The quantitative estimate of drug-likeness (QED) is 0.894. The first-order valence-electron chi connectivity index (χ1n) is 7.50. The smallest absolute Gasteiger partial charge is 0.251 e.